The molecule has 3 N–H and O–H groups in total. The van der Waals surface area contributed by atoms with Gasteiger partial charge in [-0.1, -0.05) is 11.6 Å². The maximum Gasteiger partial charge on any atom is 0.490 e. The summed E-state index contributed by atoms with van der Waals surface area (Å²) in [5.41, 5.74) is 3.18. The molecule has 3 aromatic rings. The van der Waals surface area contributed by atoms with E-state index in [4.69, 9.17) is 16.3 Å². The van der Waals surface area contributed by atoms with Crippen LogP contribution in [-0.2, 0) is 19.6 Å². The number of carbonyl (C=O) groups is 1. The summed E-state index contributed by atoms with van der Waals surface area (Å²) in [4.78, 5) is 14.8. The number of aromatic amines is 1. The molecular weight excluding hydrogens is 523 g/mol. The van der Waals surface area contributed by atoms with Crippen molar-refractivity contribution in [2.24, 2.45) is 0 Å². The van der Waals surface area contributed by atoms with Crippen LogP contribution in [0.5, 0.6) is 5.75 Å². The van der Waals surface area contributed by atoms with Gasteiger partial charge in [-0.2, -0.15) is 13.2 Å². The van der Waals surface area contributed by atoms with Crippen molar-refractivity contribution in [1.29, 1.82) is 0 Å². The quantitative estimate of drug-likeness (QED) is 0.252. The number of rotatable bonds is 10. The van der Waals surface area contributed by atoms with E-state index in [1.54, 1.807) is 0 Å². The highest BCUT2D eigenvalue weighted by Crippen LogP contribution is 2.31. The van der Waals surface area contributed by atoms with Crippen molar-refractivity contribution >= 4 is 44.2 Å². The standard InChI is InChI=1S/C23H25ClF3N3O5S/c1-13-14(2)29-20-11-16(5-6-17(13)20)34-9-8-28-12-21(35-22(31)23(25,26)27)18-10-15(4-7-19(18)24)30-36(3,32)33/h4-7,10-11,21,28-30H,8-9,12H2,1-3H3. The molecule has 0 fully saturated rings. The van der Waals surface area contributed by atoms with Gasteiger partial charge in [-0.3, -0.25) is 4.72 Å². The van der Waals surface area contributed by atoms with E-state index in [9.17, 15) is 26.4 Å². The van der Waals surface area contributed by atoms with E-state index in [1.807, 2.05) is 32.0 Å². The number of anilines is 1. The third-order valence-electron chi connectivity index (χ3n) is 5.28. The number of ether oxygens (including phenoxy) is 2. The van der Waals surface area contributed by atoms with Crippen LogP contribution in [0.1, 0.15) is 22.9 Å². The number of esters is 1. The number of fused-ring (bicyclic) bond motifs is 1. The number of H-pyrrole nitrogens is 1. The van der Waals surface area contributed by atoms with Gasteiger partial charge in [0.2, 0.25) is 10.0 Å². The summed E-state index contributed by atoms with van der Waals surface area (Å²) in [6.07, 6.45) is -5.75. The van der Waals surface area contributed by atoms with Gasteiger partial charge in [0.05, 0.1) is 6.26 Å². The molecule has 0 radical (unpaired) electrons. The van der Waals surface area contributed by atoms with Gasteiger partial charge in [0.1, 0.15) is 18.5 Å². The van der Waals surface area contributed by atoms with Gasteiger partial charge in [-0.05, 0) is 49.7 Å². The number of aromatic nitrogens is 1. The normalized spacial score (nSPS) is 13.0. The summed E-state index contributed by atoms with van der Waals surface area (Å²) in [5.74, 6) is -1.79. The molecule has 1 unspecified atom stereocenters. The number of nitrogens with one attached hydrogen (secondary N) is 3. The summed E-state index contributed by atoms with van der Waals surface area (Å²) >= 11 is 6.14. The number of alkyl halides is 3. The van der Waals surface area contributed by atoms with Crippen molar-refractivity contribution in [3.63, 3.8) is 0 Å². The van der Waals surface area contributed by atoms with E-state index < -0.39 is 28.3 Å². The number of benzene rings is 2. The molecule has 0 saturated carbocycles. The Balaban J connectivity index is 1.67. The third kappa shape index (κ3) is 7.28. The molecule has 0 aliphatic rings. The average molecular weight is 548 g/mol. The first-order valence-electron chi connectivity index (χ1n) is 10.7. The van der Waals surface area contributed by atoms with Crippen LogP contribution in [0.4, 0.5) is 18.9 Å². The Hall–Kier alpha value is -2.96. The van der Waals surface area contributed by atoms with Crippen molar-refractivity contribution in [3.05, 3.63) is 58.2 Å². The summed E-state index contributed by atoms with van der Waals surface area (Å²) in [5, 5.41) is 3.96. The van der Waals surface area contributed by atoms with Gasteiger partial charge in [0.25, 0.3) is 0 Å². The zero-order chi connectivity index (χ0) is 26.7. The van der Waals surface area contributed by atoms with Gasteiger partial charge >= 0.3 is 12.1 Å². The summed E-state index contributed by atoms with van der Waals surface area (Å²) in [7, 11) is -3.66. The number of hydrogen-bond donors (Lipinski definition) is 3. The highest BCUT2D eigenvalue weighted by molar-refractivity contribution is 7.92. The molecule has 2 aromatic carbocycles. The van der Waals surface area contributed by atoms with E-state index in [0.29, 0.717) is 5.75 Å². The molecule has 1 atom stereocenters. The van der Waals surface area contributed by atoms with Crippen molar-refractivity contribution < 1.29 is 35.9 Å². The Kier molecular flexibility index (Phi) is 8.42. The van der Waals surface area contributed by atoms with Crippen molar-refractivity contribution in [3.8, 4) is 5.75 Å². The average Bonchev–Trinajstić information content (AvgIpc) is 3.05. The second kappa shape index (κ2) is 11.0. The third-order valence-corrected chi connectivity index (χ3v) is 6.23. The van der Waals surface area contributed by atoms with Crippen LogP contribution in [-0.4, -0.2) is 51.5 Å². The van der Waals surface area contributed by atoms with Crippen LogP contribution >= 0.6 is 11.6 Å². The molecule has 13 heteroatoms. The molecule has 1 heterocycles. The SMILES string of the molecule is Cc1[nH]c2cc(OCCNCC(OC(=O)C(F)(F)F)c3cc(NS(C)(=O)=O)ccc3Cl)ccc2c1C. The molecule has 1 aromatic heterocycles. The van der Waals surface area contributed by atoms with Gasteiger partial charge in [0, 0.05) is 52.0 Å². The minimum atomic E-state index is -5.22. The lowest BCUT2D eigenvalue weighted by Crippen LogP contribution is -2.33. The number of sulfonamides is 1. The number of carbonyl (C=O) groups excluding carboxylic acids is 1. The smallest absolute Gasteiger partial charge is 0.490 e. The fourth-order valence-corrected chi connectivity index (χ4v) is 4.29. The second-order valence-electron chi connectivity index (χ2n) is 8.14. The van der Waals surface area contributed by atoms with E-state index in [1.165, 1.54) is 18.2 Å². The van der Waals surface area contributed by atoms with Crippen molar-refractivity contribution in [2.75, 3.05) is 30.7 Å². The van der Waals surface area contributed by atoms with Crippen LogP contribution in [0, 0.1) is 13.8 Å². The Morgan fingerprint density at radius 2 is 1.89 bits per heavy atom. The summed E-state index contributed by atoms with van der Waals surface area (Å²) in [6, 6.07) is 9.44. The van der Waals surface area contributed by atoms with Crippen LogP contribution in [0.3, 0.4) is 0 Å². The first-order valence-corrected chi connectivity index (χ1v) is 13.0. The maximum atomic E-state index is 12.9. The Bertz CT molecular complexity index is 1360. The van der Waals surface area contributed by atoms with Gasteiger partial charge in [0.15, 0.2) is 0 Å². The number of halogens is 4. The first kappa shape index (κ1) is 27.6. The predicted octanol–water partition coefficient (Wildman–Crippen LogP) is 4.62. The highest BCUT2D eigenvalue weighted by atomic mass is 35.5. The molecule has 36 heavy (non-hydrogen) atoms. The lowest BCUT2D eigenvalue weighted by Gasteiger charge is -2.21. The van der Waals surface area contributed by atoms with Gasteiger partial charge < -0.3 is 19.8 Å². The molecule has 8 nitrogen and oxygen atoms in total. The lowest BCUT2D eigenvalue weighted by atomic mass is 10.1. The van der Waals surface area contributed by atoms with Crippen molar-refractivity contribution in [2.45, 2.75) is 26.1 Å². The fraction of sp³-hybridized carbons (Fsp3) is 0.348. The zero-order valence-corrected chi connectivity index (χ0v) is 21.2. The van der Waals surface area contributed by atoms with Crippen LogP contribution in [0.15, 0.2) is 36.4 Å². The first-order chi connectivity index (χ1) is 16.7. The molecule has 3 rings (SSSR count). The van der Waals surface area contributed by atoms with E-state index in [0.717, 1.165) is 28.4 Å². The molecule has 0 amide bonds. The minimum absolute atomic E-state index is 0.000675. The summed E-state index contributed by atoms with van der Waals surface area (Å²) < 4.78 is 74.2. The topological polar surface area (TPSA) is 110 Å². The monoisotopic (exact) mass is 547 g/mol. The summed E-state index contributed by atoms with van der Waals surface area (Å²) in [6.45, 7) is 4.13. The van der Waals surface area contributed by atoms with E-state index in [-0.39, 0.29) is 36.0 Å². The second-order valence-corrected chi connectivity index (χ2v) is 10.3. The Morgan fingerprint density at radius 1 is 1.17 bits per heavy atom. The molecule has 0 aliphatic heterocycles. The molecule has 0 spiro atoms. The molecule has 196 valence electrons. The zero-order valence-electron chi connectivity index (χ0n) is 19.6. The lowest BCUT2D eigenvalue weighted by molar-refractivity contribution is -0.205. The molecule has 0 aliphatic carbocycles. The number of aryl methyl sites for hydroxylation is 2. The molecule has 0 saturated heterocycles. The minimum Gasteiger partial charge on any atom is -0.492 e. The Morgan fingerprint density at radius 3 is 2.56 bits per heavy atom. The van der Waals surface area contributed by atoms with Crippen LogP contribution in [0.25, 0.3) is 10.9 Å². The molecular formula is C23H25ClF3N3O5S. The Labute approximate surface area is 211 Å². The molecule has 0 bridgehead atoms. The van der Waals surface area contributed by atoms with E-state index >= 15 is 0 Å². The number of hydrogen-bond acceptors (Lipinski definition) is 6. The van der Waals surface area contributed by atoms with E-state index in [2.05, 4.69) is 19.8 Å². The van der Waals surface area contributed by atoms with Crippen LogP contribution < -0.4 is 14.8 Å². The van der Waals surface area contributed by atoms with Gasteiger partial charge in [-0.25, -0.2) is 13.2 Å². The fourth-order valence-electron chi connectivity index (χ4n) is 3.49. The van der Waals surface area contributed by atoms with Gasteiger partial charge in [-0.15, -0.1) is 0 Å². The maximum absolute atomic E-state index is 12.9. The van der Waals surface area contributed by atoms with Crippen LogP contribution in [0.2, 0.25) is 5.02 Å². The van der Waals surface area contributed by atoms with Crippen molar-refractivity contribution in [1.82, 2.24) is 10.3 Å². The predicted molar refractivity (Wildman–Crippen MR) is 131 cm³/mol. The largest absolute Gasteiger partial charge is 0.492 e. The highest BCUT2D eigenvalue weighted by Gasteiger charge is 2.42.